The molecule has 0 amide bonds. The summed E-state index contributed by atoms with van der Waals surface area (Å²) in [7, 11) is 3.15. The second kappa shape index (κ2) is 5.40. The van der Waals surface area contributed by atoms with Gasteiger partial charge in [-0.1, -0.05) is 36.4 Å². The Morgan fingerprint density at radius 3 is 2.29 bits per heavy atom. The predicted molar refractivity (Wildman–Crippen MR) is 82.8 cm³/mol. The highest BCUT2D eigenvalue weighted by Gasteiger charge is 2.13. The fourth-order valence-corrected chi connectivity index (χ4v) is 2.44. The number of hydrogen-bond acceptors (Lipinski definition) is 4. The topological polar surface area (TPSA) is 44.2 Å². The molecule has 4 nitrogen and oxygen atoms in total. The molecule has 2 aromatic carbocycles. The van der Waals surface area contributed by atoms with Crippen LogP contribution in [0.15, 0.2) is 42.5 Å². The zero-order chi connectivity index (χ0) is 14.8. The van der Waals surface area contributed by atoms with Crippen molar-refractivity contribution < 1.29 is 9.47 Å². The van der Waals surface area contributed by atoms with E-state index in [4.69, 9.17) is 9.47 Å². The molecule has 0 spiro atoms. The Morgan fingerprint density at radius 1 is 0.810 bits per heavy atom. The first-order valence-electron chi connectivity index (χ1n) is 6.69. The lowest BCUT2D eigenvalue weighted by atomic mass is 9.98. The Morgan fingerprint density at radius 2 is 1.57 bits per heavy atom. The van der Waals surface area contributed by atoms with Crippen molar-refractivity contribution in [2.75, 3.05) is 14.2 Å². The normalized spacial score (nSPS) is 10.6. The zero-order valence-corrected chi connectivity index (χ0v) is 12.3. The van der Waals surface area contributed by atoms with Gasteiger partial charge in [-0.3, -0.25) is 0 Å². The van der Waals surface area contributed by atoms with E-state index in [2.05, 4.69) is 35.1 Å². The number of para-hydroxylation sites is 1. The molecule has 0 saturated heterocycles. The van der Waals surface area contributed by atoms with E-state index in [1.165, 1.54) is 5.56 Å². The van der Waals surface area contributed by atoms with Crippen LogP contribution < -0.4 is 9.47 Å². The summed E-state index contributed by atoms with van der Waals surface area (Å²) in [4.78, 5) is 8.75. The van der Waals surface area contributed by atoms with E-state index >= 15 is 0 Å². The number of fused-ring (bicyclic) bond motifs is 1. The fourth-order valence-electron chi connectivity index (χ4n) is 2.44. The Kier molecular flexibility index (Phi) is 3.44. The standard InChI is InChI=1S/C17H16N2O2/c1-11-7-4-5-8-12(11)13-9-6-10-14-15(13)18-17(21-3)19-16(14)20-2/h4-10H,1-3H3. The molecule has 106 valence electrons. The first-order valence-corrected chi connectivity index (χ1v) is 6.69. The van der Waals surface area contributed by atoms with Gasteiger partial charge in [0.2, 0.25) is 5.88 Å². The maximum atomic E-state index is 5.36. The third kappa shape index (κ3) is 2.29. The van der Waals surface area contributed by atoms with Gasteiger partial charge in [-0.15, -0.1) is 0 Å². The third-order valence-corrected chi connectivity index (χ3v) is 3.48. The largest absolute Gasteiger partial charge is 0.480 e. The van der Waals surface area contributed by atoms with Crippen LogP contribution in [0, 0.1) is 6.92 Å². The minimum atomic E-state index is 0.306. The molecule has 3 aromatic rings. The number of aromatic nitrogens is 2. The molecule has 0 saturated carbocycles. The number of rotatable bonds is 3. The molecule has 4 heteroatoms. The molecule has 0 N–H and O–H groups in total. The van der Waals surface area contributed by atoms with E-state index in [-0.39, 0.29) is 0 Å². The highest BCUT2D eigenvalue weighted by molar-refractivity contribution is 5.97. The van der Waals surface area contributed by atoms with Crippen molar-refractivity contribution >= 4 is 10.9 Å². The van der Waals surface area contributed by atoms with E-state index in [1.807, 2.05) is 24.3 Å². The monoisotopic (exact) mass is 280 g/mol. The molecule has 3 rings (SSSR count). The maximum Gasteiger partial charge on any atom is 0.320 e. The van der Waals surface area contributed by atoms with E-state index in [0.29, 0.717) is 11.9 Å². The molecule has 0 radical (unpaired) electrons. The van der Waals surface area contributed by atoms with Crippen LogP contribution in [0.2, 0.25) is 0 Å². The summed E-state index contributed by atoms with van der Waals surface area (Å²) in [5.41, 5.74) is 4.22. The lowest BCUT2D eigenvalue weighted by molar-refractivity contribution is 0.357. The van der Waals surface area contributed by atoms with Crippen LogP contribution in [0.4, 0.5) is 0 Å². The van der Waals surface area contributed by atoms with Gasteiger partial charge in [-0.25, -0.2) is 0 Å². The number of ether oxygens (including phenoxy) is 2. The van der Waals surface area contributed by atoms with Crippen molar-refractivity contribution in [1.29, 1.82) is 0 Å². The van der Waals surface area contributed by atoms with E-state index < -0.39 is 0 Å². The SMILES string of the molecule is COc1nc(OC)c2cccc(-c3ccccc3C)c2n1. The average molecular weight is 280 g/mol. The highest BCUT2D eigenvalue weighted by Crippen LogP contribution is 2.33. The van der Waals surface area contributed by atoms with Gasteiger partial charge in [0, 0.05) is 5.56 Å². The molecule has 0 aliphatic heterocycles. The van der Waals surface area contributed by atoms with Crippen molar-refractivity contribution in [3.05, 3.63) is 48.0 Å². The van der Waals surface area contributed by atoms with Crippen LogP contribution in [0.5, 0.6) is 11.9 Å². The molecule has 0 aliphatic carbocycles. The first kappa shape index (κ1) is 13.4. The molecule has 0 fully saturated rings. The van der Waals surface area contributed by atoms with Crippen molar-refractivity contribution in [1.82, 2.24) is 9.97 Å². The second-order valence-electron chi connectivity index (χ2n) is 4.74. The van der Waals surface area contributed by atoms with Crippen molar-refractivity contribution in [3.8, 4) is 23.0 Å². The summed E-state index contributed by atoms with van der Waals surface area (Å²) in [6.45, 7) is 2.09. The van der Waals surface area contributed by atoms with Crippen molar-refractivity contribution in [2.24, 2.45) is 0 Å². The van der Waals surface area contributed by atoms with Gasteiger partial charge in [0.15, 0.2) is 0 Å². The summed E-state index contributed by atoms with van der Waals surface area (Å²) in [5.74, 6) is 0.521. The van der Waals surface area contributed by atoms with Crippen LogP contribution in [0.3, 0.4) is 0 Å². The summed E-state index contributed by atoms with van der Waals surface area (Å²) in [6, 6.07) is 14.5. The van der Waals surface area contributed by atoms with Gasteiger partial charge < -0.3 is 9.47 Å². The number of benzene rings is 2. The third-order valence-electron chi connectivity index (χ3n) is 3.48. The lowest BCUT2D eigenvalue weighted by Crippen LogP contribution is -1.98. The quantitative estimate of drug-likeness (QED) is 0.735. The van der Waals surface area contributed by atoms with E-state index in [1.54, 1.807) is 14.2 Å². The van der Waals surface area contributed by atoms with Gasteiger partial charge >= 0.3 is 6.01 Å². The van der Waals surface area contributed by atoms with Crippen molar-refractivity contribution in [2.45, 2.75) is 6.92 Å². The number of nitrogens with zero attached hydrogens (tertiary/aromatic N) is 2. The van der Waals surface area contributed by atoms with E-state index in [0.717, 1.165) is 22.0 Å². The number of aryl methyl sites for hydroxylation is 1. The molecule has 0 atom stereocenters. The molecule has 0 bridgehead atoms. The van der Waals surface area contributed by atoms with Crippen LogP contribution >= 0.6 is 0 Å². The Labute approximate surface area is 123 Å². The number of hydrogen-bond donors (Lipinski definition) is 0. The van der Waals surface area contributed by atoms with Crippen LogP contribution in [-0.2, 0) is 0 Å². The van der Waals surface area contributed by atoms with Crippen LogP contribution in [0.25, 0.3) is 22.0 Å². The smallest absolute Gasteiger partial charge is 0.320 e. The van der Waals surface area contributed by atoms with Crippen LogP contribution in [-0.4, -0.2) is 24.2 Å². The van der Waals surface area contributed by atoms with Gasteiger partial charge in [0.1, 0.15) is 0 Å². The van der Waals surface area contributed by atoms with Gasteiger partial charge in [-0.05, 0) is 24.1 Å². The molecule has 1 aromatic heterocycles. The molecule has 0 unspecified atom stereocenters. The predicted octanol–water partition coefficient (Wildman–Crippen LogP) is 3.62. The Hall–Kier alpha value is -2.62. The van der Waals surface area contributed by atoms with Crippen LogP contribution in [0.1, 0.15) is 5.56 Å². The highest BCUT2D eigenvalue weighted by atomic mass is 16.5. The molecule has 1 heterocycles. The minimum Gasteiger partial charge on any atom is -0.480 e. The second-order valence-corrected chi connectivity index (χ2v) is 4.74. The maximum absolute atomic E-state index is 5.36. The minimum absolute atomic E-state index is 0.306. The summed E-state index contributed by atoms with van der Waals surface area (Å²) < 4.78 is 10.5. The summed E-state index contributed by atoms with van der Waals surface area (Å²) in [6.07, 6.45) is 0. The fraction of sp³-hybridized carbons (Fsp3) is 0.176. The van der Waals surface area contributed by atoms with E-state index in [9.17, 15) is 0 Å². The molecule has 21 heavy (non-hydrogen) atoms. The van der Waals surface area contributed by atoms with Gasteiger partial charge in [0.05, 0.1) is 25.1 Å². The average Bonchev–Trinajstić information content (AvgIpc) is 2.53. The number of methoxy groups -OCH3 is 2. The zero-order valence-electron chi connectivity index (χ0n) is 12.3. The molecular formula is C17H16N2O2. The van der Waals surface area contributed by atoms with Gasteiger partial charge in [0.25, 0.3) is 0 Å². The Bertz CT molecular complexity index is 800. The molecular weight excluding hydrogens is 264 g/mol. The summed E-state index contributed by atoms with van der Waals surface area (Å²) in [5, 5.41) is 0.874. The Balaban J connectivity index is 2.36. The van der Waals surface area contributed by atoms with Crippen molar-refractivity contribution in [3.63, 3.8) is 0 Å². The first-order chi connectivity index (χ1) is 10.2. The summed E-state index contributed by atoms with van der Waals surface area (Å²) >= 11 is 0. The molecule has 0 aliphatic rings. The lowest BCUT2D eigenvalue weighted by Gasteiger charge is -2.11. The van der Waals surface area contributed by atoms with Gasteiger partial charge in [-0.2, -0.15) is 9.97 Å².